The Balaban J connectivity index is 3.43. The Morgan fingerprint density at radius 1 is 0.542 bits per heavy atom. The second kappa shape index (κ2) is 14.5. The molecule has 0 aliphatic carbocycles. The van der Waals surface area contributed by atoms with E-state index in [-0.39, 0.29) is 37.5 Å². The molecule has 0 aliphatic heterocycles. The highest BCUT2D eigenvalue weighted by atomic mass is 16.4. The van der Waals surface area contributed by atoms with Gasteiger partial charge in [0.15, 0.2) is 0 Å². The van der Waals surface area contributed by atoms with Crippen LogP contribution in [0.4, 0.5) is 0 Å². The molecule has 0 heterocycles. The second-order valence-electron chi connectivity index (χ2n) is 5.61. The number of hydrogen-bond acceptors (Lipinski definition) is 4. The van der Waals surface area contributed by atoms with Gasteiger partial charge in [-0.1, -0.05) is 12.8 Å². The van der Waals surface area contributed by atoms with E-state index in [1.165, 1.54) is 0 Å². The largest absolute Gasteiger partial charge is 0.481 e. The van der Waals surface area contributed by atoms with Crippen LogP contribution in [0.5, 0.6) is 0 Å². The lowest BCUT2D eigenvalue weighted by Gasteiger charge is -2.06. The highest BCUT2D eigenvalue weighted by molar-refractivity contribution is 5.83. The first-order valence-corrected chi connectivity index (χ1v) is 8.39. The predicted octanol–water partition coefficient (Wildman–Crippen LogP) is 1.29. The van der Waals surface area contributed by atoms with Crippen molar-refractivity contribution >= 4 is 23.8 Å². The molecule has 0 saturated heterocycles. The summed E-state index contributed by atoms with van der Waals surface area (Å²) in [6.45, 7) is 0.979. The lowest BCUT2D eigenvalue weighted by molar-refractivity contribution is -0.138. The predicted molar refractivity (Wildman–Crippen MR) is 87.5 cm³/mol. The number of aliphatic carboxylic acids is 2. The van der Waals surface area contributed by atoms with Crippen LogP contribution in [-0.2, 0) is 19.2 Å². The molecule has 0 bridgehead atoms. The van der Waals surface area contributed by atoms with E-state index in [9.17, 15) is 19.2 Å². The average Bonchev–Trinajstić information content (AvgIpc) is 2.51. The van der Waals surface area contributed by atoms with Crippen LogP contribution in [0, 0.1) is 0 Å². The van der Waals surface area contributed by atoms with E-state index >= 15 is 0 Å². The van der Waals surface area contributed by atoms with Crippen molar-refractivity contribution in [3.63, 3.8) is 0 Å². The van der Waals surface area contributed by atoms with Gasteiger partial charge >= 0.3 is 11.9 Å². The van der Waals surface area contributed by atoms with Gasteiger partial charge in [-0.2, -0.15) is 0 Å². The second-order valence-corrected chi connectivity index (χ2v) is 5.61. The van der Waals surface area contributed by atoms with Crippen LogP contribution < -0.4 is 10.6 Å². The van der Waals surface area contributed by atoms with E-state index in [1.807, 2.05) is 0 Å². The van der Waals surface area contributed by atoms with Crippen molar-refractivity contribution in [3.05, 3.63) is 0 Å². The van der Waals surface area contributed by atoms with Crippen molar-refractivity contribution in [2.75, 3.05) is 13.1 Å². The average molecular weight is 344 g/mol. The fraction of sp³-hybridized carbons (Fsp3) is 0.750. The third-order valence-corrected chi connectivity index (χ3v) is 3.36. The van der Waals surface area contributed by atoms with E-state index in [0.717, 1.165) is 25.7 Å². The Morgan fingerprint density at radius 2 is 0.917 bits per heavy atom. The molecule has 0 unspecified atom stereocenters. The van der Waals surface area contributed by atoms with Gasteiger partial charge in [0.2, 0.25) is 11.8 Å². The maximum atomic E-state index is 11.5. The number of carboxylic acids is 2. The molecule has 138 valence electrons. The number of carboxylic acid groups (broad SMARTS) is 2. The summed E-state index contributed by atoms with van der Waals surface area (Å²) >= 11 is 0. The first-order chi connectivity index (χ1) is 11.4. The number of nitrogens with one attached hydrogen (secondary N) is 2. The Hall–Kier alpha value is -2.12. The van der Waals surface area contributed by atoms with E-state index < -0.39 is 11.9 Å². The molecule has 0 aromatic carbocycles. The Labute approximate surface area is 142 Å². The highest BCUT2D eigenvalue weighted by Gasteiger charge is 2.06. The molecule has 4 N–H and O–H groups in total. The van der Waals surface area contributed by atoms with Gasteiger partial charge in [0.05, 0.1) is 0 Å². The van der Waals surface area contributed by atoms with Crippen LogP contribution in [0.3, 0.4) is 0 Å². The first kappa shape index (κ1) is 21.9. The smallest absolute Gasteiger partial charge is 0.303 e. The van der Waals surface area contributed by atoms with Gasteiger partial charge in [-0.05, 0) is 25.7 Å². The number of hydrogen-bond donors (Lipinski definition) is 4. The molecule has 0 aromatic rings. The van der Waals surface area contributed by atoms with Gasteiger partial charge in [0.25, 0.3) is 0 Å². The summed E-state index contributed by atoms with van der Waals surface area (Å²) in [5.74, 6) is -2.01. The van der Waals surface area contributed by atoms with Gasteiger partial charge in [-0.15, -0.1) is 0 Å². The molecule has 8 nitrogen and oxygen atoms in total. The normalized spacial score (nSPS) is 10.2. The highest BCUT2D eigenvalue weighted by Crippen LogP contribution is 2.00. The van der Waals surface area contributed by atoms with Gasteiger partial charge in [0.1, 0.15) is 0 Å². The summed E-state index contributed by atoms with van der Waals surface area (Å²) in [5, 5.41) is 22.3. The van der Waals surface area contributed by atoms with Crippen LogP contribution in [-0.4, -0.2) is 47.1 Å². The number of rotatable bonds is 15. The number of carbonyl (C=O) groups excluding carboxylic acids is 2. The summed E-state index contributed by atoms with van der Waals surface area (Å²) in [7, 11) is 0. The molecule has 0 atom stereocenters. The molecule has 0 spiro atoms. The summed E-state index contributed by atoms with van der Waals surface area (Å²) in [4.78, 5) is 43.7. The third kappa shape index (κ3) is 16.3. The maximum Gasteiger partial charge on any atom is 0.303 e. The summed E-state index contributed by atoms with van der Waals surface area (Å²) in [5.41, 5.74) is 0. The lowest BCUT2D eigenvalue weighted by atomic mass is 10.2. The molecular weight excluding hydrogens is 316 g/mol. The number of unbranched alkanes of at least 4 members (excludes halogenated alkanes) is 4. The fourth-order valence-corrected chi connectivity index (χ4v) is 2.02. The Kier molecular flexibility index (Phi) is 13.2. The van der Waals surface area contributed by atoms with Crippen LogP contribution in [0.15, 0.2) is 0 Å². The molecule has 0 radical (unpaired) electrons. The molecule has 0 aliphatic rings. The SMILES string of the molecule is O=C(O)CCCCCNC(=O)CCC(=O)NCCCCCC(=O)O. The third-order valence-electron chi connectivity index (χ3n) is 3.36. The monoisotopic (exact) mass is 344 g/mol. The van der Waals surface area contributed by atoms with Crippen molar-refractivity contribution in [1.29, 1.82) is 0 Å². The molecule has 8 heteroatoms. The van der Waals surface area contributed by atoms with Crippen molar-refractivity contribution in [3.8, 4) is 0 Å². The fourth-order valence-electron chi connectivity index (χ4n) is 2.02. The van der Waals surface area contributed by atoms with E-state index in [0.29, 0.717) is 25.9 Å². The molecule has 0 saturated carbocycles. The van der Waals surface area contributed by atoms with Gasteiger partial charge in [-0.25, -0.2) is 0 Å². The molecule has 24 heavy (non-hydrogen) atoms. The van der Waals surface area contributed by atoms with Crippen molar-refractivity contribution in [2.45, 2.75) is 64.2 Å². The molecule has 0 fully saturated rings. The van der Waals surface area contributed by atoms with Crippen LogP contribution in [0.25, 0.3) is 0 Å². The number of amides is 2. The minimum atomic E-state index is -0.813. The van der Waals surface area contributed by atoms with E-state index in [1.54, 1.807) is 0 Å². The summed E-state index contributed by atoms with van der Waals surface area (Å²) in [6, 6.07) is 0. The van der Waals surface area contributed by atoms with Gasteiger partial charge in [0, 0.05) is 38.8 Å². The number of carbonyl (C=O) groups is 4. The van der Waals surface area contributed by atoms with Crippen LogP contribution in [0.1, 0.15) is 64.2 Å². The summed E-state index contributed by atoms with van der Waals surface area (Å²) < 4.78 is 0. The van der Waals surface area contributed by atoms with Crippen molar-refractivity contribution < 1.29 is 29.4 Å². The minimum Gasteiger partial charge on any atom is -0.481 e. The minimum absolute atomic E-state index is 0.125. The standard InChI is InChI=1S/C16H28N2O6/c19-13(17-11-5-1-3-7-15(21)22)9-10-14(20)18-12-6-2-4-8-16(23)24/h1-12H2,(H,17,19)(H,18,20)(H,21,22)(H,23,24). The zero-order chi connectivity index (χ0) is 18.2. The van der Waals surface area contributed by atoms with E-state index in [4.69, 9.17) is 10.2 Å². The van der Waals surface area contributed by atoms with Gasteiger partial charge < -0.3 is 20.8 Å². The maximum absolute atomic E-state index is 11.5. The zero-order valence-corrected chi connectivity index (χ0v) is 14.0. The molecular formula is C16H28N2O6. The quantitative estimate of drug-likeness (QED) is 0.331. The topological polar surface area (TPSA) is 133 Å². The summed E-state index contributed by atoms with van der Waals surface area (Å²) in [6.07, 6.45) is 4.67. The molecule has 0 aromatic heterocycles. The Bertz CT molecular complexity index is 373. The van der Waals surface area contributed by atoms with E-state index in [2.05, 4.69) is 10.6 Å². The first-order valence-electron chi connectivity index (χ1n) is 8.39. The Morgan fingerprint density at radius 3 is 1.25 bits per heavy atom. The van der Waals surface area contributed by atoms with Crippen LogP contribution >= 0.6 is 0 Å². The zero-order valence-electron chi connectivity index (χ0n) is 14.0. The molecule has 2 amide bonds. The molecule has 0 rings (SSSR count). The van der Waals surface area contributed by atoms with Crippen molar-refractivity contribution in [2.24, 2.45) is 0 Å². The van der Waals surface area contributed by atoms with Crippen LogP contribution in [0.2, 0.25) is 0 Å². The lowest BCUT2D eigenvalue weighted by Crippen LogP contribution is -2.28. The van der Waals surface area contributed by atoms with Gasteiger partial charge in [-0.3, -0.25) is 19.2 Å². The van der Waals surface area contributed by atoms with Crippen molar-refractivity contribution in [1.82, 2.24) is 10.6 Å².